The first kappa shape index (κ1) is 15.3. The van der Waals surface area contributed by atoms with Gasteiger partial charge in [0.05, 0.1) is 11.9 Å². The Bertz CT molecular complexity index is 951. The number of hydrogen-bond acceptors (Lipinski definition) is 6. The van der Waals surface area contributed by atoms with E-state index in [9.17, 15) is 9.18 Å². The number of nitrogens with zero attached hydrogens (tertiary/aromatic N) is 4. The average Bonchev–Trinajstić information content (AvgIpc) is 3.30. The van der Waals surface area contributed by atoms with Crippen LogP contribution in [0.15, 0.2) is 30.6 Å². The van der Waals surface area contributed by atoms with Gasteiger partial charge in [0.1, 0.15) is 5.82 Å². The maximum Gasteiger partial charge on any atom is 0.276 e. The summed E-state index contributed by atoms with van der Waals surface area (Å²) in [6.07, 6.45) is 4.97. The summed E-state index contributed by atoms with van der Waals surface area (Å²) in [5.74, 6) is -0.490. The van der Waals surface area contributed by atoms with E-state index in [1.54, 1.807) is 7.05 Å². The Morgan fingerprint density at radius 1 is 1.32 bits per heavy atom. The predicted molar refractivity (Wildman–Crippen MR) is 91.3 cm³/mol. The number of rotatable bonds is 5. The molecule has 0 unspecified atom stereocenters. The summed E-state index contributed by atoms with van der Waals surface area (Å²) in [6, 6.07) is 4.95. The van der Waals surface area contributed by atoms with Crippen LogP contribution in [0, 0.1) is 5.95 Å². The number of fused-ring (bicyclic) bond motifs is 1. The highest BCUT2D eigenvalue weighted by atomic mass is 19.1. The van der Waals surface area contributed by atoms with Gasteiger partial charge < -0.3 is 16.0 Å². The third-order valence-corrected chi connectivity index (χ3v) is 3.88. The molecular weight excluding hydrogens is 325 g/mol. The Morgan fingerprint density at radius 3 is 2.88 bits per heavy atom. The van der Waals surface area contributed by atoms with Crippen LogP contribution in [0.5, 0.6) is 0 Å². The molecule has 1 saturated carbocycles. The summed E-state index contributed by atoms with van der Waals surface area (Å²) >= 11 is 0. The van der Waals surface area contributed by atoms with Crippen molar-refractivity contribution in [3.05, 3.63) is 42.2 Å². The van der Waals surface area contributed by atoms with Gasteiger partial charge in [-0.3, -0.25) is 4.79 Å². The van der Waals surface area contributed by atoms with Gasteiger partial charge in [-0.2, -0.15) is 4.39 Å². The molecule has 1 aliphatic rings. The molecule has 0 spiro atoms. The monoisotopic (exact) mass is 341 g/mol. The van der Waals surface area contributed by atoms with Crippen molar-refractivity contribution in [3.8, 4) is 0 Å². The summed E-state index contributed by atoms with van der Waals surface area (Å²) in [7, 11) is 1.76. The molecule has 1 fully saturated rings. The van der Waals surface area contributed by atoms with Gasteiger partial charge in [-0.25, -0.2) is 14.5 Å². The van der Waals surface area contributed by atoms with E-state index in [0.717, 1.165) is 24.6 Å². The fraction of sp³-hybridized carbons (Fsp3) is 0.250. The second-order valence-electron chi connectivity index (χ2n) is 5.81. The smallest absolute Gasteiger partial charge is 0.276 e. The molecule has 0 saturated heterocycles. The molecule has 3 aromatic rings. The topological polar surface area (TPSA) is 96.2 Å². The van der Waals surface area contributed by atoms with Gasteiger partial charge in [-0.15, -0.1) is 5.10 Å². The Morgan fingerprint density at radius 2 is 2.16 bits per heavy atom. The Balaban J connectivity index is 1.70. The largest absolute Gasteiger partial charge is 0.379 e. The van der Waals surface area contributed by atoms with E-state index in [0.29, 0.717) is 23.2 Å². The molecule has 9 heteroatoms. The molecule has 8 nitrogen and oxygen atoms in total. The number of anilines is 3. The number of carbonyl (C=O) groups is 1. The van der Waals surface area contributed by atoms with Crippen LogP contribution in [-0.2, 0) is 0 Å². The highest BCUT2D eigenvalue weighted by Crippen LogP contribution is 2.28. The zero-order valence-electron chi connectivity index (χ0n) is 13.5. The number of carbonyl (C=O) groups excluding carboxylic acids is 1. The lowest BCUT2D eigenvalue weighted by Crippen LogP contribution is -2.16. The normalized spacial score (nSPS) is 13.7. The Hall–Kier alpha value is -3.23. The predicted octanol–water partition coefficient (Wildman–Crippen LogP) is 2.13. The van der Waals surface area contributed by atoms with Crippen molar-refractivity contribution in [2.75, 3.05) is 23.0 Å². The van der Waals surface area contributed by atoms with Crippen molar-refractivity contribution in [3.63, 3.8) is 0 Å². The van der Waals surface area contributed by atoms with Crippen molar-refractivity contribution in [1.82, 2.24) is 19.6 Å². The number of imidazole rings is 1. The SMILES string of the molecule is CNc1cc(NC2CC2)c2ncc(C(=O)Nc3ccnc(F)c3)n2n1. The first-order chi connectivity index (χ1) is 12.1. The molecule has 128 valence electrons. The van der Waals surface area contributed by atoms with Gasteiger partial charge in [-0.05, 0) is 18.9 Å². The van der Waals surface area contributed by atoms with Crippen molar-refractivity contribution < 1.29 is 9.18 Å². The number of amides is 1. The van der Waals surface area contributed by atoms with Gasteiger partial charge in [0.15, 0.2) is 11.3 Å². The lowest BCUT2D eigenvalue weighted by molar-refractivity contribution is 0.102. The lowest BCUT2D eigenvalue weighted by Gasteiger charge is -2.10. The maximum absolute atomic E-state index is 13.2. The molecule has 0 bridgehead atoms. The number of pyridine rings is 1. The summed E-state index contributed by atoms with van der Waals surface area (Å²) in [5, 5.41) is 13.4. The van der Waals surface area contributed by atoms with E-state index in [-0.39, 0.29) is 5.69 Å². The minimum atomic E-state index is -0.664. The molecular formula is C16H16FN7O. The molecule has 0 aromatic carbocycles. The molecule has 0 radical (unpaired) electrons. The van der Waals surface area contributed by atoms with Crippen LogP contribution in [0.3, 0.4) is 0 Å². The highest BCUT2D eigenvalue weighted by molar-refractivity contribution is 6.03. The molecule has 25 heavy (non-hydrogen) atoms. The van der Waals surface area contributed by atoms with Gasteiger partial charge in [0.25, 0.3) is 5.91 Å². The summed E-state index contributed by atoms with van der Waals surface area (Å²) in [6.45, 7) is 0. The minimum Gasteiger partial charge on any atom is -0.379 e. The molecule has 3 heterocycles. The first-order valence-corrected chi connectivity index (χ1v) is 7.90. The number of halogens is 1. The fourth-order valence-corrected chi connectivity index (χ4v) is 2.47. The lowest BCUT2D eigenvalue weighted by atomic mass is 10.3. The van der Waals surface area contributed by atoms with E-state index >= 15 is 0 Å². The standard InChI is InChI=1S/C16H16FN7O/c1-18-14-7-11(21-9-2-3-9)15-20-8-12(24(15)23-14)16(25)22-10-4-5-19-13(17)6-10/h4-9,21H,2-3H2,1H3,(H,18,23)(H,19,22,25). The van der Waals surface area contributed by atoms with Crippen LogP contribution in [0.25, 0.3) is 5.65 Å². The van der Waals surface area contributed by atoms with Gasteiger partial charge in [0.2, 0.25) is 5.95 Å². The molecule has 0 aliphatic heterocycles. The first-order valence-electron chi connectivity index (χ1n) is 7.90. The van der Waals surface area contributed by atoms with Crippen LogP contribution in [-0.4, -0.2) is 38.6 Å². The summed E-state index contributed by atoms with van der Waals surface area (Å²) < 4.78 is 14.7. The van der Waals surface area contributed by atoms with Crippen LogP contribution in [0.2, 0.25) is 0 Å². The van der Waals surface area contributed by atoms with Crippen molar-refractivity contribution in [1.29, 1.82) is 0 Å². The summed E-state index contributed by atoms with van der Waals surface area (Å²) in [5.41, 5.74) is 1.95. The molecule has 4 rings (SSSR count). The van der Waals surface area contributed by atoms with E-state index in [1.165, 1.54) is 23.0 Å². The van der Waals surface area contributed by atoms with Crippen molar-refractivity contribution in [2.45, 2.75) is 18.9 Å². The zero-order valence-corrected chi connectivity index (χ0v) is 13.5. The Kier molecular flexibility index (Phi) is 3.68. The van der Waals surface area contributed by atoms with Crippen molar-refractivity contribution >= 4 is 28.7 Å². The average molecular weight is 341 g/mol. The second kappa shape index (κ2) is 6.00. The van der Waals surface area contributed by atoms with Crippen LogP contribution < -0.4 is 16.0 Å². The van der Waals surface area contributed by atoms with Crippen molar-refractivity contribution in [2.24, 2.45) is 0 Å². The highest BCUT2D eigenvalue weighted by Gasteiger charge is 2.24. The van der Waals surface area contributed by atoms with Crippen LogP contribution >= 0.6 is 0 Å². The van der Waals surface area contributed by atoms with Gasteiger partial charge in [-0.1, -0.05) is 0 Å². The summed E-state index contributed by atoms with van der Waals surface area (Å²) in [4.78, 5) is 20.3. The number of nitrogens with one attached hydrogen (secondary N) is 3. The van der Waals surface area contributed by atoms with E-state index in [1.807, 2.05) is 6.07 Å². The Labute approximate surface area is 142 Å². The molecule has 3 aromatic heterocycles. The quantitative estimate of drug-likeness (QED) is 0.615. The molecule has 1 aliphatic carbocycles. The molecule has 3 N–H and O–H groups in total. The van der Waals surface area contributed by atoms with Crippen LogP contribution in [0.4, 0.5) is 21.6 Å². The molecule has 1 amide bonds. The second-order valence-corrected chi connectivity index (χ2v) is 5.81. The number of hydrogen-bond donors (Lipinski definition) is 3. The zero-order chi connectivity index (χ0) is 17.4. The third-order valence-electron chi connectivity index (χ3n) is 3.88. The van der Waals surface area contributed by atoms with E-state index in [4.69, 9.17) is 0 Å². The van der Waals surface area contributed by atoms with Gasteiger partial charge >= 0.3 is 0 Å². The van der Waals surface area contributed by atoms with Crippen LogP contribution in [0.1, 0.15) is 23.3 Å². The van der Waals surface area contributed by atoms with E-state index < -0.39 is 11.9 Å². The maximum atomic E-state index is 13.2. The fourth-order valence-electron chi connectivity index (χ4n) is 2.47. The van der Waals surface area contributed by atoms with Gasteiger partial charge in [0, 0.05) is 37.1 Å². The minimum absolute atomic E-state index is 0.253. The van der Waals surface area contributed by atoms with E-state index in [2.05, 4.69) is 31.0 Å². The third kappa shape index (κ3) is 3.08. The number of aromatic nitrogens is 4. The molecule has 0 atom stereocenters.